The van der Waals surface area contributed by atoms with E-state index in [0.717, 1.165) is 12.6 Å². The maximum Gasteiger partial charge on any atom is 0.109 e. The van der Waals surface area contributed by atoms with Gasteiger partial charge in [-0.15, -0.1) is 11.6 Å². The van der Waals surface area contributed by atoms with Gasteiger partial charge in [0.15, 0.2) is 0 Å². The topological polar surface area (TPSA) is 17.1 Å². The van der Waals surface area contributed by atoms with Crippen LogP contribution in [0.4, 0.5) is 0 Å². The standard InChI is InChI=1S/C6H10ClOP/c7-3-6-9(8)4-1-2-5-9/h1,4H,2-3,5-6H2. The second-order valence-electron chi connectivity index (χ2n) is 2.26. The van der Waals surface area contributed by atoms with Gasteiger partial charge in [0, 0.05) is 18.2 Å². The van der Waals surface area contributed by atoms with Gasteiger partial charge in [0.1, 0.15) is 7.14 Å². The van der Waals surface area contributed by atoms with E-state index in [-0.39, 0.29) is 0 Å². The Morgan fingerprint density at radius 3 is 2.89 bits per heavy atom. The van der Waals surface area contributed by atoms with Crippen LogP contribution in [0.25, 0.3) is 0 Å². The number of alkyl halides is 1. The van der Waals surface area contributed by atoms with Crippen LogP contribution in [0.2, 0.25) is 0 Å². The van der Waals surface area contributed by atoms with Crippen molar-refractivity contribution in [3.63, 3.8) is 0 Å². The Hall–Kier alpha value is 0.260. The highest BCUT2D eigenvalue weighted by Gasteiger charge is 2.19. The molecule has 1 aliphatic heterocycles. The Labute approximate surface area is 60.5 Å². The van der Waals surface area contributed by atoms with Gasteiger partial charge in [0.25, 0.3) is 0 Å². The molecule has 0 aromatic rings. The predicted octanol–water partition coefficient (Wildman–Crippen LogP) is 2.51. The maximum atomic E-state index is 11.4. The second kappa shape index (κ2) is 2.90. The van der Waals surface area contributed by atoms with Crippen LogP contribution in [0.15, 0.2) is 11.9 Å². The summed E-state index contributed by atoms with van der Waals surface area (Å²) in [6.45, 7) is 0. The first-order valence-corrected chi connectivity index (χ1v) is 5.76. The van der Waals surface area contributed by atoms with Crippen molar-refractivity contribution in [3.8, 4) is 0 Å². The Balaban J connectivity index is 2.53. The predicted molar refractivity (Wildman–Crippen MR) is 41.8 cm³/mol. The van der Waals surface area contributed by atoms with Gasteiger partial charge in [-0.05, 0) is 12.2 Å². The summed E-state index contributed by atoms with van der Waals surface area (Å²) in [5.74, 6) is 2.39. The third-order valence-electron chi connectivity index (χ3n) is 1.51. The first kappa shape index (κ1) is 7.37. The van der Waals surface area contributed by atoms with Crippen molar-refractivity contribution in [3.05, 3.63) is 11.9 Å². The van der Waals surface area contributed by atoms with Gasteiger partial charge in [-0.25, -0.2) is 0 Å². The van der Waals surface area contributed by atoms with E-state index < -0.39 is 7.14 Å². The van der Waals surface area contributed by atoms with Crippen molar-refractivity contribution < 1.29 is 4.57 Å². The number of rotatable bonds is 2. The quantitative estimate of drug-likeness (QED) is 0.453. The molecule has 1 aliphatic rings. The van der Waals surface area contributed by atoms with Crippen LogP contribution in [0, 0.1) is 0 Å². The monoisotopic (exact) mass is 164 g/mol. The first-order chi connectivity index (χ1) is 4.27. The van der Waals surface area contributed by atoms with Gasteiger partial charge < -0.3 is 4.57 Å². The van der Waals surface area contributed by atoms with Crippen molar-refractivity contribution in [2.45, 2.75) is 6.42 Å². The van der Waals surface area contributed by atoms with E-state index in [1.54, 1.807) is 0 Å². The third kappa shape index (κ3) is 1.84. The zero-order chi connectivity index (χ0) is 6.74. The lowest BCUT2D eigenvalue weighted by atomic mass is 10.5. The molecule has 1 nitrogen and oxygen atoms in total. The number of hydrogen-bond acceptors (Lipinski definition) is 1. The van der Waals surface area contributed by atoms with Crippen LogP contribution in [0.3, 0.4) is 0 Å². The minimum Gasteiger partial charge on any atom is -0.319 e. The second-order valence-corrected chi connectivity index (χ2v) is 5.74. The summed E-state index contributed by atoms with van der Waals surface area (Å²) < 4.78 is 11.4. The van der Waals surface area contributed by atoms with E-state index in [4.69, 9.17) is 11.6 Å². The Kier molecular flexibility index (Phi) is 2.37. The number of halogens is 1. The van der Waals surface area contributed by atoms with Crippen LogP contribution in [0.1, 0.15) is 6.42 Å². The highest BCUT2D eigenvalue weighted by atomic mass is 35.5. The fourth-order valence-electron chi connectivity index (χ4n) is 0.964. The van der Waals surface area contributed by atoms with E-state index in [2.05, 4.69) is 0 Å². The average Bonchev–Trinajstić information content (AvgIpc) is 2.16. The summed E-state index contributed by atoms with van der Waals surface area (Å²) in [6, 6.07) is 0. The largest absolute Gasteiger partial charge is 0.319 e. The van der Waals surface area contributed by atoms with Gasteiger partial charge in [0.2, 0.25) is 0 Å². The molecule has 0 amide bonds. The molecule has 0 spiro atoms. The van der Waals surface area contributed by atoms with Crippen molar-refractivity contribution in [2.24, 2.45) is 0 Å². The molecule has 0 aromatic carbocycles. The molecule has 1 unspecified atom stereocenters. The summed E-state index contributed by atoms with van der Waals surface area (Å²) in [7, 11) is -1.88. The van der Waals surface area contributed by atoms with E-state index >= 15 is 0 Å². The zero-order valence-electron chi connectivity index (χ0n) is 5.22. The van der Waals surface area contributed by atoms with Crippen LogP contribution in [-0.2, 0) is 4.57 Å². The molecule has 1 rings (SSSR count). The first-order valence-electron chi connectivity index (χ1n) is 3.08. The van der Waals surface area contributed by atoms with E-state index in [0.29, 0.717) is 12.0 Å². The van der Waals surface area contributed by atoms with Gasteiger partial charge >= 0.3 is 0 Å². The fourth-order valence-corrected chi connectivity index (χ4v) is 3.75. The number of hydrogen-bond donors (Lipinski definition) is 0. The van der Waals surface area contributed by atoms with Crippen molar-refractivity contribution in [1.82, 2.24) is 0 Å². The molecule has 0 saturated heterocycles. The van der Waals surface area contributed by atoms with E-state index in [1.807, 2.05) is 11.9 Å². The van der Waals surface area contributed by atoms with Crippen molar-refractivity contribution in [2.75, 3.05) is 18.2 Å². The molecule has 0 saturated carbocycles. The van der Waals surface area contributed by atoms with Crippen LogP contribution < -0.4 is 0 Å². The summed E-state index contributed by atoms with van der Waals surface area (Å²) >= 11 is 5.47. The van der Waals surface area contributed by atoms with Crippen molar-refractivity contribution >= 4 is 18.7 Å². The minimum absolute atomic E-state index is 0.529. The lowest BCUT2D eigenvalue weighted by Crippen LogP contribution is -1.88. The van der Waals surface area contributed by atoms with Crippen LogP contribution >= 0.6 is 18.7 Å². The lowest BCUT2D eigenvalue weighted by Gasteiger charge is -2.04. The molecule has 52 valence electrons. The Bertz CT molecular complexity index is 164. The van der Waals surface area contributed by atoms with Crippen LogP contribution in [0.5, 0.6) is 0 Å². The molecule has 0 fully saturated rings. The number of allylic oxidation sites excluding steroid dienone is 1. The average molecular weight is 165 g/mol. The fraction of sp³-hybridized carbons (Fsp3) is 0.667. The summed E-state index contributed by atoms with van der Waals surface area (Å²) in [5.41, 5.74) is 0. The van der Waals surface area contributed by atoms with E-state index in [9.17, 15) is 4.57 Å². The molecule has 9 heavy (non-hydrogen) atoms. The van der Waals surface area contributed by atoms with Gasteiger partial charge in [-0.3, -0.25) is 0 Å². The zero-order valence-corrected chi connectivity index (χ0v) is 6.87. The summed E-state index contributed by atoms with van der Waals surface area (Å²) in [6.07, 6.45) is 4.51. The Morgan fingerprint density at radius 2 is 2.44 bits per heavy atom. The molecule has 0 bridgehead atoms. The molecule has 0 N–H and O–H groups in total. The van der Waals surface area contributed by atoms with Crippen LogP contribution in [-0.4, -0.2) is 18.2 Å². The minimum atomic E-state index is -1.88. The molecule has 0 aromatic heterocycles. The molecule has 1 heterocycles. The van der Waals surface area contributed by atoms with Crippen molar-refractivity contribution in [1.29, 1.82) is 0 Å². The van der Waals surface area contributed by atoms with Gasteiger partial charge in [-0.2, -0.15) is 0 Å². The Morgan fingerprint density at radius 1 is 1.67 bits per heavy atom. The lowest BCUT2D eigenvalue weighted by molar-refractivity contribution is 0.582. The maximum absolute atomic E-state index is 11.4. The molecular weight excluding hydrogens is 154 g/mol. The normalized spacial score (nSPS) is 33.4. The molecule has 0 radical (unpaired) electrons. The summed E-state index contributed by atoms with van der Waals surface area (Å²) in [5, 5.41) is 0. The van der Waals surface area contributed by atoms with Gasteiger partial charge in [-0.1, -0.05) is 6.08 Å². The van der Waals surface area contributed by atoms with E-state index in [1.165, 1.54) is 0 Å². The highest BCUT2D eigenvalue weighted by molar-refractivity contribution is 7.67. The molecule has 1 atom stereocenters. The molecule has 3 heteroatoms. The SMILES string of the molecule is O=P1(CCCl)C=CCC1. The summed E-state index contributed by atoms with van der Waals surface area (Å²) in [4.78, 5) is 0. The van der Waals surface area contributed by atoms with Gasteiger partial charge in [0.05, 0.1) is 0 Å². The molecule has 0 aliphatic carbocycles. The third-order valence-corrected chi connectivity index (χ3v) is 4.72. The highest BCUT2D eigenvalue weighted by Crippen LogP contribution is 2.51. The smallest absolute Gasteiger partial charge is 0.109 e. The molecular formula is C6H10ClOP.